The second kappa shape index (κ2) is 11.9. The summed E-state index contributed by atoms with van der Waals surface area (Å²) < 4.78 is 6.06. The molecular formula is C26H30N6O4S2. The summed E-state index contributed by atoms with van der Waals surface area (Å²) in [6.45, 7) is 1.93. The molecule has 0 radical (unpaired) electrons. The lowest BCUT2D eigenvalue weighted by Gasteiger charge is -2.23. The fourth-order valence-electron chi connectivity index (χ4n) is 4.90. The number of carbonyl (C=O) groups is 2. The Balaban J connectivity index is 0.000000140. The Hall–Kier alpha value is -3.58. The molecule has 0 amide bonds. The van der Waals surface area contributed by atoms with Crippen molar-refractivity contribution >= 4 is 58.4 Å². The van der Waals surface area contributed by atoms with Crippen LogP contribution in [0.5, 0.6) is 0 Å². The van der Waals surface area contributed by atoms with Crippen LogP contribution in [-0.2, 0) is 35.5 Å². The molecular weight excluding hydrogens is 524 g/mol. The molecule has 4 aromatic rings. The van der Waals surface area contributed by atoms with Crippen LogP contribution in [0.4, 0.5) is 0 Å². The Morgan fingerprint density at radius 1 is 0.816 bits per heavy atom. The lowest BCUT2D eigenvalue weighted by atomic mass is 10.0. The molecule has 2 aliphatic rings. The van der Waals surface area contributed by atoms with E-state index in [9.17, 15) is 9.59 Å². The van der Waals surface area contributed by atoms with Gasteiger partial charge in [-0.3, -0.25) is 0 Å². The van der Waals surface area contributed by atoms with Crippen LogP contribution in [0, 0.1) is 9.54 Å². The quantitative estimate of drug-likeness (QED) is 0.167. The fraction of sp³-hybridized carbons (Fsp3) is 0.308. The Labute approximate surface area is 229 Å². The molecule has 10 nitrogen and oxygen atoms in total. The van der Waals surface area contributed by atoms with E-state index in [0.717, 1.165) is 46.5 Å². The summed E-state index contributed by atoms with van der Waals surface area (Å²) >= 11 is 10.7. The number of nitrogens with one attached hydrogen (secondary N) is 4. The van der Waals surface area contributed by atoms with Crippen molar-refractivity contribution < 1.29 is 19.8 Å². The topological polar surface area (TPSA) is 140 Å². The zero-order chi connectivity index (χ0) is 27.4. The number of likely N-dealkylation sites (N-methyl/N-ethyl adjacent to an activating group) is 2. The first kappa shape index (κ1) is 27.5. The number of hydrogen-bond acceptors (Lipinski definition) is 6. The van der Waals surface area contributed by atoms with Crippen molar-refractivity contribution in [3.8, 4) is 0 Å². The molecule has 0 unspecified atom stereocenters. The molecule has 2 aromatic heterocycles. The van der Waals surface area contributed by atoms with Crippen LogP contribution in [0.15, 0.2) is 48.6 Å². The van der Waals surface area contributed by atoms with Gasteiger partial charge in [0.2, 0.25) is 0 Å². The number of hydrogen-bond donors (Lipinski definition) is 6. The minimum atomic E-state index is -1.26. The van der Waals surface area contributed by atoms with Crippen LogP contribution >= 0.6 is 24.4 Å². The molecule has 2 aromatic carbocycles. The lowest BCUT2D eigenvalue weighted by molar-refractivity contribution is -0.134. The molecule has 2 aliphatic heterocycles. The summed E-state index contributed by atoms with van der Waals surface area (Å²) in [5.41, 5.74) is 7.65. The Morgan fingerprint density at radius 2 is 1.21 bits per heavy atom. The van der Waals surface area contributed by atoms with Crippen molar-refractivity contribution in [2.24, 2.45) is 0 Å². The van der Waals surface area contributed by atoms with E-state index in [1.54, 1.807) is 0 Å². The van der Waals surface area contributed by atoms with Crippen molar-refractivity contribution in [2.75, 3.05) is 14.1 Å². The highest BCUT2D eigenvalue weighted by Gasteiger charge is 2.21. The van der Waals surface area contributed by atoms with E-state index in [1.807, 2.05) is 14.1 Å². The molecule has 6 N–H and O–H groups in total. The largest absolute Gasteiger partial charge is 0.478 e. The molecule has 6 rings (SSSR count). The van der Waals surface area contributed by atoms with E-state index in [2.05, 4.69) is 66.1 Å². The number of carboxylic acids is 2. The summed E-state index contributed by atoms with van der Waals surface area (Å²) in [5, 5.41) is 22.3. The number of rotatable bonds is 4. The summed E-state index contributed by atoms with van der Waals surface area (Å²) in [7, 11) is 4.01. The smallest absolute Gasteiger partial charge is 0.328 e. The van der Waals surface area contributed by atoms with Crippen molar-refractivity contribution in [1.29, 1.82) is 0 Å². The highest BCUT2D eigenvalue weighted by molar-refractivity contribution is 7.71. The first-order chi connectivity index (χ1) is 18.2. The number of aliphatic carboxylic acids is 2. The third-order valence-corrected chi connectivity index (χ3v) is 7.32. The zero-order valence-corrected chi connectivity index (χ0v) is 22.7. The van der Waals surface area contributed by atoms with Crippen LogP contribution in [-0.4, -0.2) is 67.4 Å². The molecule has 0 saturated carbocycles. The molecule has 0 fully saturated rings. The third-order valence-electron chi connectivity index (χ3n) is 6.68. The van der Waals surface area contributed by atoms with Crippen molar-refractivity contribution in [2.45, 2.75) is 38.0 Å². The van der Waals surface area contributed by atoms with E-state index in [4.69, 9.17) is 34.6 Å². The standard InChI is InChI=1S/2C11H13N3S.C4H4O4/c2*1-12-8-5-7-3-2-4-9-10(7)14(6-8)11(15)13-9;5-3(6)1-2-4(7)8/h2*2-4,8,12H,5-6H2,1H3,(H,13,15);1-2H,(H,5,6)(H,7,8)/b;;2-1-/t2*8-;/m11./s1. The molecule has 2 atom stereocenters. The van der Waals surface area contributed by atoms with Gasteiger partial charge in [-0.05, 0) is 74.6 Å². The predicted molar refractivity (Wildman–Crippen MR) is 152 cm³/mol. The van der Waals surface area contributed by atoms with Crippen LogP contribution in [0.2, 0.25) is 0 Å². The van der Waals surface area contributed by atoms with Gasteiger partial charge in [-0.2, -0.15) is 0 Å². The van der Waals surface area contributed by atoms with Gasteiger partial charge in [0.15, 0.2) is 9.54 Å². The van der Waals surface area contributed by atoms with Crippen LogP contribution < -0.4 is 10.6 Å². The van der Waals surface area contributed by atoms with Gasteiger partial charge in [-0.25, -0.2) is 9.59 Å². The van der Waals surface area contributed by atoms with Gasteiger partial charge in [-0.1, -0.05) is 24.3 Å². The van der Waals surface area contributed by atoms with Crippen LogP contribution in [0.25, 0.3) is 22.1 Å². The van der Waals surface area contributed by atoms with Gasteiger partial charge in [-0.15, -0.1) is 0 Å². The minimum Gasteiger partial charge on any atom is -0.478 e. The number of aromatic amines is 2. The van der Waals surface area contributed by atoms with Gasteiger partial charge in [0.05, 0.1) is 22.1 Å². The predicted octanol–water partition coefficient (Wildman–Crippen LogP) is 3.40. The normalized spacial score (nSPS) is 17.5. The summed E-state index contributed by atoms with van der Waals surface area (Å²) in [4.78, 5) is 25.6. The minimum absolute atomic E-state index is 0.491. The second-order valence-corrected chi connectivity index (χ2v) is 9.87. The summed E-state index contributed by atoms with van der Waals surface area (Å²) in [5.74, 6) is -2.51. The average molecular weight is 555 g/mol. The number of para-hydroxylation sites is 2. The molecule has 38 heavy (non-hydrogen) atoms. The number of nitrogens with zero attached hydrogens (tertiary/aromatic N) is 2. The SMILES string of the molecule is CN[C@@H]1Cc2cccc3[nH]c(=S)n(c23)C1.CN[C@@H]1Cc2cccc3[nH]c(=S)n(c23)C1.O=C(O)/C=C\C(=O)O. The molecule has 0 aliphatic carbocycles. The number of carboxylic acid groups (broad SMARTS) is 2. The molecule has 0 spiro atoms. The Morgan fingerprint density at radius 3 is 1.55 bits per heavy atom. The Kier molecular flexibility index (Phi) is 8.57. The maximum Gasteiger partial charge on any atom is 0.328 e. The van der Waals surface area contributed by atoms with Crippen LogP contribution in [0.1, 0.15) is 11.1 Å². The molecule has 0 bridgehead atoms. The monoisotopic (exact) mass is 554 g/mol. The molecule has 4 heterocycles. The first-order valence-corrected chi connectivity index (χ1v) is 12.9. The molecule has 12 heteroatoms. The van der Waals surface area contributed by atoms with Gasteiger partial charge >= 0.3 is 11.9 Å². The van der Waals surface area contributed by atoms with E-state index in [0.29, 0.717) is 24.2 Å². The van der Waals surface area contributed by atoms with Gasteiger partial charge in [0, 0.05) is 37.3 Å². The van der Waals surface area contributed by atoms with Gasteiger partial charge in [0.25, 0.3) is 0 Å². The number of imidazole rings is 2. The molecule has 0 saturated heterocycles. The number of H-pyrrole nitrogens is 2. The first-order valence-electron chi connectivity index (χ1n) is 12.1. The second-order valence-electron chi connectivity index (χ2n) is 9.10. The highest BCUT2D eigenvalue weighted by Crippen LogP contribution is 2.26. The van der Waals surface area contributed by atoms with Crippen molar-refractivity contribution in [3.05, 3.63) is 69.2 Å². The number of aromatic nitrogens is 4. The van der Waals surface area contributed by atoms with E-state index >= 15 is 0 Å². The maximum atomic E-state index is 9.55. The van der Waals surface area contributed by atoms with E-state index in [1.165, 1.54) is 22.2 Å². The maximum absolute atomic E-state index is 9.55. The number of benzene rings is 2. The van der Waals surface area contributed by atoms with E-state index in [-0.39, 0.29) is 0 Å². The van der Waals surface area contributed by atoms with Gasteiger partial charge < -0.3 is 39.9 Å². The highest BCUT2D eigenvalue weighted by atomic mass is 32.1. The van der Waals surface area contributed by atoms with Gasteiger partial charge in [0.1, 0.15) is 0 Å². The summed E-state index contributed by atoms with van der Waals surface area (Å²) in [6.07, 6.45) is 3.28. The summed E-state index contributed by atoms with van der Waals surface area (Å²) in [6, 6.07) is 13.7. The van der Waals surface area contributed by atoms with Crippen molar-refractivity contribution in [3.63, 3.8) is 0 Å². The zero-order valence-electron chi connectivity index (χ0n) is 21.0. The average Bonchev–Trinajstić information content (AvgIpc) is 3.41. The Bertz CT molecular complexity index is 1510. The third kappa shape index (κ3) is 5.94. The lowest BCUT2D eigenvalue weighted by Crippen LogP contribution is -2.35. The van der Waals surface area contributed by atoms with Crippen LogP contribution in [0.3, 0.4) is 0 Å². The van der Waals surface area contributed by atoms with E-state index < -0.39 is 11.9 Å². The van der Waals surface area contributed by atoms with Crippen molar-refractivity contribution in [1.82, 2.24) is 29.7 Å². The fourth-order valence-corrected chi connectivity index (χ4v) is 5.45. The molecule has 200 valence electrons.